The highest BCUT2D eigenvalue weighted by atomic mass is 16.5. The number of hydrogen-bond acceptors (Lipinski definition) is 4. The van der Waals surface area contributed by atoms with E-state index in [0.717, 1.165) is 31.6 Å². The van der Waals surface area contributed by atoms with Gasteiger partial charge in [0.15, 0.2) is 0 Å². The van der Waals surface area contributed by atoms with Crippen LogP contribution in [0.2, 0.25) is 0 Å². The van der Waals surface area contributed by atoms with Crippen molar-refractivity contribution in [2.75, 3.05) is 6.61 Å². The number of rotatable bonds is 3. The Morgan fingerprint density at radius 1 is 1.73 bits per heavy atom. The van der Waals surface area contributed by atoms with Gasteiger partial charge in [-0.15, -0.1) is 5.10 Å². The van der Waals surface area contributed by atoms with Gasteiger partial charge in [-0.25, -0.2) is 0 Å². The first-order chi connectivity index (χ1) is 7.10. The molecule has 2 unspecified atom stereocenters. The Bertz CT molecular complexity index is 330. The fourth-order valence-electron chi connectivity index (χ4n) is 2.02. The number of aryl methyl sites for hydroxylation is 1. The van der Waals surface area contributed by atoms with Crippen LogP contribution in [0.5, 0.6) is 0 Å². The summed E-state index contributed by atoms with van der Waals surface area (Å²) in [5.41, 5.74) is 6.90. The molecule has 0 aromatic carbocycles. The van der Waals surface area contributed by atoms with E-state index in [4.69, 9.17) is 10.5 Å². The zero-order valence-electron chi connectivity index (χ0n) is 9.31. The second-order valence-corrected chi connectivity index (χ2v) is 4.46. The summed E-state index contributed by atoms with van der Waals surface area (Å²) in [7, 11) is 1.86. The van der Waals surface area contributed by atoms with Crippen LogP contribution in [0.4, 0.5) is 0 Å². The lowest BCUT2D eigenvalue weighted by atomic mass is 9.91. The average Bonchev–Trinajstić information content (AvgIpc) is 2.76. The van der Waals surface area contributed by atoms with Gasteiger partial charge in [-0.1, -0.05) is 5.21 Å². The van der Waals surface area contributed by atoms with E-state index < -0.39 is 0 Å². The largest absolute Gasteiger partial charge is 0.374 e. The van der Waals surface area contributed by atoms with Gasteiger partial charge in [0.25, 0.3) is 0 Å². The zero-order valence-corrected chi connectivity index (χ0v) is 9.31. The molecule has 0 amide bonds. The third-order valence-corrected chi connectivity index (χ3v) is 3.11. The second-order valence-electron chi connectivity index (χ2n) is 4.46. The molecule has 2 rings (SSSR count). The van der Waals surface area contributed by atoms with Crippen LogP contribution in [0.3, 0.4) is 0 Å². The lowest BCUT2D eigenvalue weighted by molar-refractivity contribution is -0.00113. The molecule has 0 radical (unpaired) electrons. The fraction of sp³-hybridized carbons (Fsp3) is 0.800. The molecule has 0 aliphatic carbocycles. The van der Waals surface area contributed by atoms with E-state index in [-0.39, 0.29) is 11.6 Å². The Kier molecular flexibility index (Phi) is 2.75. The Balaban J connectivity index is 1.99. The number of hydrogen-bond donors (Lipinski definition) is 1. The normalized spacial score (nSPS) is 28.2. The molecule has 2 N–H and O–H groups in total. The molecule has 1 aromatic rings. The van der Waals surface area contributed by atoms with Crippen molar-refractivity contribution in [3.8, 4) is 0 Å². The molecule has 0 saturated carbocycles. The molecule has 0 bridgehead atoms. The van der Waals surface area contributed by atoms with Crippen molar-refractivity contribution in [2.24, 2.45) is 12.8 Å². The molecule has 5 nitrogen and oxygen atoms in total. The minimum atomic E-state index is -0.183. The first-order valence-electron chi connectivity index (χ1n) is 5.35. The van der Waals surface area contributed by atoms with Crippen LogP contribution < -0.4 is 5.73 Å². The van der Waals surface area contributed by atoms with Crippen molar-refractivity contribution < 1.29 is 4.74 Å². The van der Waals surface area contributed by atoms with Gasteiger partial charge in [0.05, 0.1) is 11.3 Å². The van der Waals surface area contributed by atoms with E-state index in [9.17, 15) is 0 Å². The van der Waals surface area contributed by atoms with Crippen LogP contribution in [0.25, 0.3) is 0 Å². The average molecular weight is 210 g/mol. The SMILES string of the molecule is Cn1cc(CC(N)C2(C)CCCO2)nn1. The van der Waals surface area contributed by atoms with Crippen LogP contribution >= 0.6 is 0 Å². The molecule has 1 saturated heterocycles. The lowest BCUT2D eigenvalue weighted by Crippen LogP contribution is -2.46. The minimum Gasteiger partial charge on any atom is -0.374 e. The molecule has 84 valence electrons. The van der Waals surface area contributed by atoms with E-state index >= 15 is 0 Å². The maximum absolute atomic E-state index is 6.15. The molecule has 1 fully saturated rings. The summed E-state index contributed by atoms with van der Waals surface area (Å²) in [4.78, 5) is 0. The van der Waals surface area contributed by atoms with Crippen LogP contribution in [0.1, 0.15) is 25.5 Å². The topological polar surface area (TPSA) is 66.0 Å². The minimum absolute atomic E-state index is 0.00306. The van der Waals surface area contributed by atoms with Gasteiger partial charge < -0.3 is 10.5 Å². The van der Waals surface area contributed by atoms with Crippen LogP contribution in [0.15, 0.2) is 6.20 Å². The van der Waals surface area contributed by atoms with E-state index in [1.807, 2.05) is 13.2 Å². The molecule has 2 heterocycles. The molecule has 0 spiro atoms. The summed E-state index contributed by atoms with van der Waals surface area (Å²) < 4.78 is 7.40. The quantitative estimate of drug-likeness (QED) is 0.777. The standard InChI is InChI=1S/C10H18N4O/c1-10(4-3-5-15-10)9(11)6-8-7-14(2)13-12-8/h7,9H,3-6,11H2,1-2H3. The summed E-state index contributed by atoms with van der Waals surface area (Å²) in [5, 5.41) is 7.92. The third kappa shape index (κ3) is 2.18. The number of aromatic nitrogens is 3. The number of nitrogens with two attached hydrogens (primary N) is 1. The van der Waals surface area contributed by atoms with Gasteiger partial charge in [0, 0.05) is 32.3 Å². The first-order valence-corrected chi connectivity index (χ1v) is 5.35. The van der Waals surface area contributed by atoms with Crippen molar-refractivity contribution in [3.63, 3.8) is 0 Å². The number of ether oxygens (including phenoxy) is 1. The maximum atomic E-state index is 6.15. The molecule has 15 heavy (non-hydrogen) atoms. The lowest BCUT2D eigenvalue weighted by Gasteiger charge is -2.29. The highest BCUT2D eigenvalue weighted by Gasteiger charge is 2.36. The molecule has 1 aliphatic heterocycles. The molecule has 1 aromatic heterocycles. The van der Waals surface area contributed by atoms with Crippen molar-refractivity contribution in [3.05, 3.63) is 11.9 Å². The summed E-state index contributed by atoms with van der Waals surface area (Å²) in [6.45, 7) is 2.91. The van der Waals surface area contributed by atoms with Gasteiger partial charge in [-0.05, 0) is 19.8 Å². The van der Waals surface area contributed by atoms with Crippen molar-refractivity contribution in [2.45, 2.75) is 37.8 Å². The Labute approximate surface area is 89.6 Å². The molecular weight excluding hydrogens is 192 g/mol. The highest BCUT2D eigenvalue weighted by molar-refractivity contribution is 5.01. The number of nitrogens with zero attached hydrogens (tertiary/aromatic N) is 3. The molecule has 5 heteroatoms. The summed E-state index contributed by atoms with van der Waals surface area (Å²) in [6, 6.07) is -0.00306. The maximum Gasteiger partial charge on any atom is 0.0843 e. The van der Waals surface area contributed by atoms with E-state index in [1.165, 1.54) is 0 Å². The third-order valence-electron chi connectivity index (χ3n) is 3.11. The van der Waals surface area contributed by atoms with E-state index in [0.29, 0.717) is 0 Å². The monoisotopic (exact) mass is 210 g/mol. The van der Waals surface area contributed by atoms with Crippen molar-refractivity contribution in [1.82, 2.24) is 15.0 Å². The fourth-order valence-corrected chi connectivity index (χ4v) is 2.02. The van der Waals surface area contributed by atoms with E-state index in [1.54, 1.807) is 4.68 Å². The van der Waals surface area contributed by atoms with Gasteiger partial charge in [-0.3, -0.25) is 4.68 Å². The summed E-state index contributed by atoms with van der Waals surface area (Å²) in [6.07, 6.45) is 4.77. The second kappa shape index (κ2) is 3.90. The highest BCUT2D eigenvalue weighted by Crippen LogP contribution is 2.28. The zero-order chi connectivity index (χ0) is 10.9. The molecular formula is C10H18N4O. The Morgan fingerprint density at radius 2 is 2.53 bits per heavy atom. The van der Waals surface area contributed by atoms with Gasteiger partial charge in [0.1, 0.15) is 0 Å². The van der Waals surface area contributed by atoms with Crippen molar-refractivity contribution >= 4 is 0 Å². The Hall–Kier alpha value is -0.940. The summed E-state index contributed by atoms with van der Waals surface area (Å²) >= 11 is 0. The smallest absolute Gasteiger partial charge is 0.0843 e. The first kappa shape index (κ1) is 10.6. The van der Waals surface area contributed by atoms with Crippen molar-refractivity contribution in [1.29, 1.82) is 0 Å². The van der Waals surface area contributed by atoms with Gasteiger partial charge in [0.2, 0.25) is 0 Å². The van der Waals surface area contributed by atoms with Crippen LogP contribution in [-0.4, -0.2) is 33.2 Å². The van der Waals surface area contributed by atoms with Crippen LogP contribution in [0, 0.1) is 0 Å². The van der Waals surface area contributed by atoms with Gasteiger partial charge >= 0.3 is 0 Å². The van der Waals surface area contributed by atoms with Crippen LogP contribution in [-0.2, 0) is 18.2 Å². The predicted molar refractivity (Wildman–Crippen MR) is 56.3 cm³/mol. The van der Waals surface area contributed by atoms with E-state index in [2.05, 4.69) is 17.2 Å². The summed E-state index contributed by atoms with van der Waals surface area (Å²) in [5.74, 6) is 0. The molecule has 1 aliphatic rings. The Morgan fingerprint density at radius 3 is 3.07 bits per heavy atom. The predicted octanol–water partition coefficient (Wildman–Crippen LogP) is 0.254. The van der Waals surface area contributed by atoms with Gasteiger partial charge in [-0.2, -0.15) is 0 Å². The molecule has 2 atom stereocenters.